The van der Waals surface area contributed by atoms with Gasteiger partial charge in [-0.15, -0.1) is 0 Å². The van der Waals surface area contributed by atoms with Crippen LogP contribution in [0.1, 0.15) is 16.2 Å². The Labute approximate surface area is 145 Å². The zero-order chi connectivity index (χ0) is 18.1. The molecule has 0 aliphatic carbocycles. The van der Waals surface area contributed by atoms with Crippen LogP contribution in [0.3, 0.4) is 0 Å². The van der Waals surface area contributed by atoms with E-state index in [1.165, 1.54) is 0 Å². The summed E-state index contributed by atoms with van der Waals surface area (Å²) in [4.78, 5) is 15.9. The molecule has 0 amide bonds. The van der Waals surface area contributed by atoms with Crippen LogP contribution in [-0.2, 0) is 11.3 Å². The number of hydrogen-bond donors (Lipinski definition) is 0. The average Bonchev–Trinajstić information content (AvgIpc) is 3.30. The first-order valence-corrected chi connectivity index (χ1v) is 7.45. The van der Waals surface area contributed by atoms with Gasteiger partial charge in [-0.1, -0.05) is 5.16 Å². The predicted molar refractivity (Wildman–Crippen MR) is 81.3 cm³/mol. The number of hydrogen-bond acceptors (Lipinski definition) is 7. The zero-order valence-electron chi connectivity index (χ0n) is 13.1. The third-order valence-corrected chi connectivity index (χ3v) is 3.57. The van der Waals surface area contributed by atoms with Gasteiger partial charge in [0.25, 0.3) is 5.89 Å². The number of rotatable bonds is 4. The van der Waals surface area contributed by atoms with Gasteiger partial charge in [0.2, 0.25) is 12.6 Å². The van der Waals surface area contributed by atoms with Crippen molar-refractivity contribution in [3.63, 3.8) is 0 Å². The Hall–Kier alpha value is -3.49. The van der Waals surface area contributed by atoms with E-state index in [4.69, 9.17) is 18.7 Å². The number of esters is 1. The van der Waals surface area contributed by atoms with E-state index in [2.05, 4.69) is 10.1 Å². The van der Waals surface area contributed by atoms with Crippen LogP contribution >= 0.6 is 0 Å². The van der Waals surface area contributed by atoms with E-state index in [9.17, 15) is 13.6 Å². The monoisotopic (exact) mass is 360 g/mol. The van der Waals surface area contributed by atoms with Gasteiger partial charge in [0.1, 0.15) is 11.6 Å². The molecule has 0 radical (unpaired) electrons. The van der Waals surface area contributed by atoms with Crippen LogP contribution in [-0.4, -0.2) is 22.9 Å². The number of carbonyl (C=O) groups excluding carboxylic acids is 1. The second-order valence-electron chi connectivity index (χ2n) is 5.28. The summed E-state index contributed by atoms with van der Waals surface area (Å²) in [6, 6.07) is 7.61. The first kappa shape index (κ1) is 16.0. The number of halogens is 2. The lowest BCUT2D eigenvalue weighted by Crippen LogP contribution is -2.08. The van der Waals surface area contributed by atoms with Crippen LogP contribution in [0.25, 0.3) is 11.4 Å². The van der Waals surface area contributed by atoms with Crippen LogP contribution in [0.15, 0.2) is 40.9 Å². The summed E-state index contributed by atoms with van der Waals surface area (Å²) in [7, 11) is 0. The number of fused-ring (bicyclic) bond motifs is 1. The topological polar surface area (TPSA) is 83.7 Å². The van der Waals surface area contributed by atoms with Crippen molar-refractivity contribution in [3.05, 3.63) is 59.5 Å². The second-order valence-corrected chi connectivity index (χ2v) is 5.28. The second kappa shape index (κ2) is 6.43. The molecule has 0 spiro atoms. The van der Waals surface area contributed by atoms with Crippen molar-refractivity contribution in [2.75, 3.05) is 6.79 Å². The summed E-state index contributed by atoms with van der Waals surface area (Å²) in [6.07, 6.45) is 0. The highest BCUT2D eigenvalue weighted by molar-refractivity contribution is 5.89. The molecule has 132 valence electrons. The molecular weight excluding hydrogens is 350 g/mol. The molecule has 0 unspecified atom stereocenters. The van der Waals surface area contributed by atoms with Crippen molar-refractivity contribution < 1.29 is 32.3 Å². The molecule has 0 fully saturated rings. The molecule has 26 heavy (non-hydrogen) atoms. The van der Waals surface area contributed by atoms with Crippen molar-refractivity contribution in [1.29, 1.82) is 0 Å². The maximum atomic E-state index is 13.5. The summed E-state index contributed by atoms with van der Waals surface area (Å²) >= 11 is 0. The van der Waals surface area contributed by atoms with Crippen LogP contribution in [0.2, 0.25) is 0 Å². The lowest BCUT2D eigenvalue weighted by Gasteiger charge is -2.03. The van der Waals surface area contributed by atoms with Crippen LogP contribution in [0.4, 0.5) is 8.78 Å². The summed E-state index contributed by atoms with van der Waals surface area (Å²) in [5.74, 6) is -1.24. The number of aromatic nitrogens is 2. The van der Waals surface area contributed by atoms with Crippen molar-refractivity contribution in [2.45, 2.75) is 6.61 Å². The smallest absolute Gasteiger partial charge is 0.341 e. The summed E-state index contributed by atoms with van der Waals surface area (Å²) in [5.41, 5.74) is 0.104. The van der Waals surface area contributed by atoms with E-state index in [-0.39, 0.29) is 25.1 Å². The Balaban J connectivity index is 1.45. The van der Waals surface area contributed by atoms with Gasteiger partial charge in [-0.05, 0) is 36.4 Å². The summed E-state index contributed by atoms with van der Waals surface area (Å²) in [5, 5.41) is 3.79. The molecule has 0 saturated carbocycles. The largest absolute Gasteiger partial charge is 0.454 e. The molecule has 0 saturated heterocycles. The third kappa shape index (κ3) is 3.06. The van der Waals surface area contributed by atoms with Crippen LogP contribution < -0.4 is 9.47 Å². The zero-order valence-corrected chi connectivity index (χ0v) is 13.1. The van der Waals surface area contributed by atoms with E-state index in [1.807, 2.05) is 0 Å². The summed E-state index contributed by atoms with van der Waals surface area (Å²) < 4.78 is 47.0. The predicted octanol–water partition coefficient (Wildman–Crippen LogP) is 3.10. The fourth-order valence-corrected chi connectivity index (χ4v) is 2.33. The highest BCUT2D eigenvalue weighted by Gasteiger charge is 2.18. The van der Waals surface area contributed by atoms with Gasteiger partial charge in [0, 0.05) is 5.56 Å². The van der Waals surface area contributed by atoms with Gasteiger partial charge in [0.05, 0.1) is 5.56 Å². The Morgan fingerprint density at radius 2 is 1.96 bits per heavy atom. The molecule has 4 rings (SSSR count). The minimum Gasteiger partial charge on any atom is -0.454 e. The molecule has 1 aliphatic heterocycles. The van der Waals surface area contributed by atoms with Gasteiger partial charge in [-0.25, -0.2) is 13.6 Å². The average molecular weight is 360 g/mol. The molecule has 2 heterocycles. The van der Waals surface area contributed by atoms with Crippen LogP contribution in [0.5, 0.6) is 11.5 Å². The highest BCUT2D eigenvalue weighted by atomic mass is 19.1. The quantitative estimate of drug-likeness (QED) is 0.661. The Kier molecular flexibility index (Phi) is 3.96. The number of nitrogens with zero attached hydrogens (tertiary/aromatic N) is 2. The van der Waals surface area contributed by atoms with Gasteiger partial charge < -0.3 is 18.7 Å². The molecule has 0 bridgehead atoms. The molecule has 1 aliphatic rings. The lowest BCUT2D eigenvalue weighted by molar-refractivity contribution is 0.0424. The Morgan fingerprint density at radius 1 is 1.12 bits per heavy atom. The maximum absolute atomic E-state index is 13.5. The van der Waals surface area contributed by atoms with Gasteiger partial charge >= 0.3 is 5.97 Å². The normalized spacial score (nSPS) is 12.2. The molecule has 0 atom stereocenters. The van der Waals surface area contributed by atoms with Crippen molar-refractivity contribution in [1.82, 2.24) is 10.1 Å². The molecule has 7 nitrogen and oxygen atoms in total. The van der Waals surface area contributed by atoms with E-state index >= 15 is 0 Å². The van der Waals surface area contributed by atoms with Crippen molar-refractivity contribution in [2.24, 2.45) is 0 Å². The van der Waals surface area contributed by atoms with Gasteiger partial charge in [-0.2, -0.15) is 4.98 Å². The Morgan fingerprint density at radius 3 is 2.85 bits per heavy atom. The number of ether oxygens (including phenoxy) is 3. The summed E-state index contributed by atoms with van der Waals surface area (Å²) in [6.45, 7) is -0.241. The number of benzene rings is 2. The van der Waals surface area contributed by atoms with Gasteiger partial charge in [0.15, 0.2) is 18.1 Å². The molecule has 3 aromatic rings. The van der Waals surface area contributed by atoms with Crippen molar-refractivity contribution in [3.8, 4) is 22.9 Å². The third-order valence-electron chi connectivity index (χ3n) is 3.57. The van der Waals surface area contributed by atoms with E-state index in [0.717, 1.165) is 18.2 Å². The van der Waals surface area contributed by atoms with E-state index < -0.39 is 23.2 Å². The van der Waals surface area contributed by atoms with Crippen LogP contribution in [0, 0.1) is 11.6 Å². The first-order chi connectivity index (χ1) is 12.6. The molecule has 2 aromatic carbocycles. The minimum atomic E-state index is -1.04. The molecular formula is C17H10F2N2O5. The van der Waals surface area contributed by atoms with E-state index in [1.54, 1.807) is 18.2 Å². The maximum Gasteiger partial charge on any atom is 0.341 e. The lowest BCUT2D eigenvalue weighted by atomic mass is 10.2. The minimum absolute atomic E-state index is 0.00262. The fourth-order valence-electron chi connectivity index (χ4n) is 2.33. The highest BCUT2D eigenvalue weighted by Crippen LogP contribution is 2.35. The SMILES string of the molecule is O=C(OCc1nc(-c2ccc3c(c2)OCO3)no1)c1cc(F)ccc1F. The van der Waals surface area contributed by atoms with E-state index in [0.29, 0.717) is 17.1 Å². The molecule has 1 aromatic heterocycles. The standard InChI is InChI=1S/C17H10F2N2O5/c18-10-2-3-12(19)11(6-10)17(22)23-7-15-20-16(21-26-15)9-1-4-13-14(5-9)25-8-24-13/h1-6H,7-8H2. The van der Waals surface area contributed by atoms with Crippen molar-refractivity contribution >= 4 is 5.97 Å². The molecule has 0 N–H and O–H groups in total. The number of carbonyl (C=O) groups is 1. The first-order valence-electron chi connectivity index (χ1n) is 7.45. The molecule has 9 heteroatoms. The Bertz CT molecular complexity index is 989. The fraction of sp³-hybridized carbons (Fsp3) is 0.118. The van der Waals surface area contributed by atoms with Gasteiger partial charge in [-0.3, -0.25) is 0 Å².